The van der Waals surface area contributed by atoms with Gasteiger partial charge in [0.2, 0.25) is 5.70 Å². The first-order valence-corrected chi connectivity index (χ1v) is 12.1. The monoisotopic (exact) mass is 518 g/mol. The average Bonchev–Trinajstić information content (AvgIpc) is 2.84. The maximum atomic E-state index is 13.4. The number of nitriles is 1. The van der Waals surface area contributed by atoms with E-state index in [1.807, 2.05) is 6.07 Å². The Balaban J connectivity index is 2.23. The molecule has 0 N–H and O–H groups in total. The highest BCUT2D eigenvalue weighted by Gasteiger charge is 2.41. The lowest BCUT2D eigenvalue weighted by molar-refractivity contribution is -0.137. The highest BCUT2D eigenvalue weighted by atomic mass is 32.2. The van der Waals surface area contributed by atoms with E-state index in [1.54, 1.807) is 0 Å². The predicted molar refractivity (Wildman–Crippen MR) is 124 cm³/mol. The molecule has 2 aromatic rings. The van der Waals surface area contributed by atoms with Gasteiger partial charge in [0, 0.05) is 25.5 Å². The minimum absolute atomic E-state index is 0.0533. The van der Waals surface area contributed by atoms with Gasteiger partial charge in [-0.2, -0.15) is 18.4 Å². The molecule has 0 radical (unpaired) electrons. The number of hydrogen-bond donors (Lipinski definition) is 0. The minimum atomic E-state index is -4.64. The van der Waals surface area contributed by atoms with Gasteiger partial charge in [-0.05, 0) is 42.8 Å². The van der Waals surface area contributed by atoms with Crippen LogP contribution in [0.1, 0.15) is 29.7 Å². The topological polar surface area (TPSA) is 95.1 Å². The van der Waals surface area contributed by atoms with Crippen LogP contribution in [0, 0.1) is 17.9 Å². The van der Waals surface area contributed by atoms with Gasteiger partial charge in [-0.1, -0.05) is 12.1 Å². The van der Waals surface area contributed by atoms with Gasteiger partial charge in [-0.15, -0.1) is 0 Å². The summed E-state index contributed by atoms with van der Waals surface area (Å²) >= 11 is 0. The molecule has 1 aliphatic heterocycles. The molecule has 0 spiro atoms. The molecule has 0 aromatic heterocycles. The summed E-state index contributed by atoms with van der Waals surface area (Å²) in [5.41, 5.74) is -0.894. The third-order valence-electron chi connectivity index (χ3n) is 5.73. The van der Waals surface area contributed by atoms with Crippen LogP contribution in [0.25, 0.3) is 4.85 Å². The number of methoxy groups -OCH3 is 1. The molecule has 0 saturated carbocycles. The van der Waals surface area contributed by atoms with Crippen molar-refractivity contribution in [2.75, 3.05) is 31.4 Å². The van der Waals surface area contributed by atoms with Crippen molar-refractivity contribution in [1.29, 1.82) is 5.26 Å². The van der Waals surface area contributed by atoms with Gasteiger partial charge in [-0.25, -0.2) is 18.1 Å². The van der Waals surface area contributed by atoms with Crippen LogP contribution in [0.4, 0.5) is 23.7 Å². The Labute approximate surface area is 206 Å². The lowest BCUT2D eigenvalue weighted by Gasteiger charge is -2.40. The van der Waals surface area contributed by atoms with Crippen LogP contribution in [0.2, 0.25) is 0 Å². The Hall–Kier alpha value is -3.87. The standard InChI is InChI=1S/C24H21F3N4O4S/c1-15-21(29-2)22(19-9-8-16(14-28)12-20(19)36(33,34)11-10-35-4)30(3)23(32)31(15)18-7-5-6-17(13-18)24(25,26)27/h5-9,12-13,22H,10-11H2,1,3-4H3/t22-/m1/s1. The Kier molecular flexibility index (Phi) is 7.43. The number of hydrogen-bond acceptors (Lipinski definition) is 5. The van der Waals surface area contributed by atoms with Gasteiger partial charge in [0.05, 0.1) is 47.1 Å². The van der Waals surface area contributed by atoms with E-state index in [0.29, 0.717) is 0 Å². The van der Waals surface area contributed by atoms with Crippen LogP contribution in [0.15, 0.2) is 58.8 Å². The number of anilines is 1. The van der Waals surface area contributed by atoms with E-state index in [1.165, 1.54) is 45.3 Å². The Bertz CT molecular complexity index is 1420. The van der Waals surface area contributed by atoms with Crippen LogP contribution >= 0.6 is 0 Å². The summed E-state index contributed by atoms with van der Waals surface area (Å²) in [5, 5.41) is 9.30. The molecule has 2 aromatic carbocycles. The number of alkyl halides is 3. The predicted octanol–water partition coefficient (Wildman–Crippen LogP) is 4.76. The van der Waals surface area contributed by atoms with Crippen molar-refractivity contribution in [2.45, 2.75) is 24.0 Å². The number of benzene rings is 2. The molecule has 0 unspecified atom stereocenters. The zero-order chi connectivity index (χ0) is 26.8. The Morgan fingerprint density at radius 3 is 2.50 bits per heavy atom. The SMILES string of the molecule is [C-]#[N+]C1=C(C)N(c2cccc(C(F)(F)F)c2)C(=O)N(C)[C@@H]1c1ccc(C#N)cc1S(=O)(=O)CCOC. The molecule has 12 heteroatoms. The summed E-state index contributed by atoms with van der Waals surface area (Å²) < 4.78 is 70.9. The molecule has 8 nitrogen and oxygen atoms in total. The van der Waals surface area contributed by atoms with Crippen molar-refractivity contribution < 1.29 is 31.1 Å². The molecule has 2 amide bonds. The lowest BCUT2D eigenvalue weighted by Crippen LogP contribution is -2.47. The molecule has 0 aliphatic carbocycles. The second-order valence-corrected chi connectivity index (χ2v) is 10.0. The van der Waals surface area contributed by atoms with E-state index in [9.17, 15) is 31.6 Å². The number of amides is 2. The third kappa shape index (κ3) is 4.91. The first kappa shape index (κ1) is 26.7. The van der Waals surface area contributed by atoms with E-state index in [0.717, 1.165) is 28.0 Å². The molecule has 1 aliphatic rings. The zero-order valence-electron chi connectivity index (χ0n) is 19.5. The number of halogens is 3. The number of sulfone groups is 1. The number of likely N-dealkylation sites (N-methyl/N-ethyl adjacent to an activating group) is 1. The fourth-order valence-electron chi connectivity index (χ4n) is 3.93. The number of urea groups is 1. The molecule has 0 bridgehead atoms. The van der Waals surface area contributed by atoms with E-state index >= 15 is 0 Å². The van der Waals surface area contributed by atoms with Crippen molar-refractivity contribution in [1.82, 2.24) is 4.90 Å². The van der Waals surface area contributed by atoms with Crippen molar-refractivity contribution >= 4 is 21.6 Å². The van der Waals surface area contributed by atoms with E-state index in [4.69, 9.17) is 11.3 Å². The number of rotatable bonds is 6. The van der Waals surface area contributed by atoms with Crippen LogP contribution in [-0.2, 0) is 20.8 Å². The molecular formula is C24H21F3N4O4S. The van der Waals surface area contributed by atoms with Crippen molar-refractivity contribution in [2.24, 2.45) is 0 Å². The number of ether oxygens (including phenoxy) is 1. The number of carbonyl (C=O) groups is 1. The first-order chi connectivity index (χ1) is 16.9. The summed E-state index contributed by atoms with van der Waals surface area (Å²) in [5.74, 6) is -0.401. The highest BCUT2D eigenvalue weighted by Crippen LogP contribution is 2.42. The maximum absolute atomic E-state index is 13.4. The van der Waals surface area contributed by atoms with E-state index < -0.39 is 39.4 Å². The zero-order valence-corrected chi connectivity index (χ0v) is 20.3. The summed E-state index contributed by atoms with van der Waals surface area (Å²) in [6.45, 7) is 9.07. The smallest absolute Gasteiger partial charge is 0.384 e. The largest absolute Gasteiger partial charge is 0.416 e. The third-order valence-corrected chi connectivity index (χ3v) is 7.45. The molecular weight excluding hydrogens is 497 g/mol. The molecule has 0 fully saturated rings. The van der Waals surface area contributed by atoms with Gasteiger partial charge in [-0.3, -0.25) is 4.90 Å². The van der Waals surface area contributed by atoms with Gasteiger partial charge in [0.1, 0.15) is 0 Å². The molecule has 188 valence electrons. The summed E-state index contributed by atoms with van der Waals surface area (Å²) in [6.07, 6.45) is -4.64. The van der Waals surface area contributed by atoms with Gasteiger partial charge >= 0.3 is 12.2 Å². The lowest BCUT2D eigenvalue weighted by atomic mass is 9.97. The normalized spacial score (nSPS) is 16.7. The number of nitrogens with zero attached hydrogens (tertiary/aromatic N) is 4. The summed E-state index contributed by atoms with van der Waals surface area (Å²) in [4.78, 5) is 18.8. The van der Waals surface area contributed by atoms with Crippen LogP contribution in [0.3, 0.4) is 0 Å². The molecule has 3 rings (SSSR count). The summed E-state index contributed by atoms with van der Waals surface area (Å²) in [7, 11) is -1.33. The minimum Gasteiger partial charge on any atom is -0.384 e. The fraction of sp³-hybridized carbons (Fsp3) is 0.292. The Morgan fingerprint density at radius 2 is 1.92 bits per heavy atom. The second-order valence-electron chi connectivity index (χ2n) is 7.94. The van der Waals surface area contributed by atoms with Gasteiger partial charge in [0.15, 0.2) is 9.84 Å². The summed E-state index contributed by atoms with van der Waals surface area (Å²) in [6, 6.07) is 8.02. The first-order valence-electron chi connectivity index (χ1n) is 10.5. The van der Waals surface area contributed by atoms with E-state index in [2.05, 4.69) is 4.85 Å². The van der Waals surface area contributed by atoms with Crippen LogP contribution in [-0.4, -0.2) is 45.9 Å². The van der Waals surface area contributed by atoms with Crippen molar-refractivity contribution in [3.63, 3.8) is 0 Å². The van der Waals surface area contributed by atoms with Crippen molar-refractivity contribution in [3.8, 4) is 6.07 Å². The van der Waals surface area contributed by atoms with Gasteiger partial charge in [0.25, 0.3) is 0 Å². The fourth-order valence-corrected chi connectivity index (χ4v) is 5.38. The number of carbonyl (C=O) groups excluding carboxylic acids is 1. The second kappa shape index (κ2) is 10.0. The molecule has 1 heterocycles. The van der Waals surface area contributed by atoms with Gasteiger partial charge < -0.3 is 9.64 Å². The molecule has 1 atom stereocenters. The quantitative estimate of drug-likeness (QED) is 0.514. The highest BCUT2D eigenvalue weighted by molar-refractivity contribution is 7.91. The van der Waals surface area contributed by atoms with Crippen LogP contribution < -0.4 is 4.90 Å². The average molecular weight is 519 g/mol. The van der Waals surface area contributed by atoms with Crippen molar-refractivity contribution in [3.05, 3.63) is 82.0 Å². The molecule has 0 saturated heterocycles. The Morgan fingerprint density at radius 1 is 1.22 bits per heavy atom. The van der Waals surface area contributed by atoms with Crippen LogP contribution in [0.5, 0.6) is 0 Å². The maximum Gasteiger partial charge on any atom is 0.416 e. The molecule has 36 heavy (non-hydrogen) atoms. The van der Waals surface area contributed by atoms with E-state index in [-0.39, 0.29) is 39.7 Å². The number of allylic oxidation sites excluding steroid dienone is 1.